The van der Waals surface area contributed by atoms with Crippen molar-refractivity contribution in [2.45, 2.75) is 55.4 Å². The molecule has 200 valence electrons. The number of aryl methyl sites for hydroxylation is 1. The molecule has 3 aromatic rings. The van der Waals surface area contributed by atoms with Crippen molar-refractivity contribution in [3.63, 3.8) is 0 Å². The SMILES string of the molecule is COC(C=O)CC1=CC(CCc2ccccc2)(c2nc(N)c3ncn([C@@H]4O[C@H](CO)C(O)C4O)c3n2)N=C1. The predicted molar refractivity (Wildman–Crippen MR) is 137 cm³/mol. The van der Waals surface area contributed by atoms with Gasteiger partial charge in [-0.15, -0.1) is 0 Å². The Morgan fingerprint density at radius 3 is 2.71 bits per heavy atom. The van der Waals surface area contributed by atoms with Crippen LogP contribution < -0.4 is 5.73 Å². The molecule has 5 rings (SSSR count). The van der Waals surface area contributed by atoms with Gasteiger partial charge in [-0.1, -0.05) is 30.3 Å². The van der Waals surface area contributed by atoms with Crippen LogP contribution in [0.25, 0.3) is 11.2 Å². The molecule has 5 N–H and O–H groups in total. The molecule has 1 saturated heterocycles. The number of hydrogen-bond donors (Lipinski definition) is 4. The quantitative estimate of drug-likeness (QED) is 0.273. The van der Waals surface area contributed by atoms with Crippen molar-refractivity contribution >= 4 is 29.5 Å². The number of fused-ring (bicyclic) bond motifs is 1. The van der Waals surface area contributed by atoms with Gasteiger partial charge in [-0.2, -0.15) is 0 Å². The van der Waals surface area contributed by atoms with Gasteiger partial charge in [0.2, 0.25) is 0 Å². The van der Waals surface area contributed by atoms with Gasteiger partial charge in [-0.25, -0.2) is 15.0 Å². The summed E-state index contributed by atoms with van der Waals surface area (Å²) in [5.74, 6) is 0.438. The minimum atomic E-state index is -1.32. The van der Waals surface area contributed by atoms with E-state index in [-0.39, 0.29) is 5.82 Å². The predicted octanol–water partition coefficient (Wildman–Crippen LogP) is 0.463. The zero-order valence-corrected chi connectivity index (χ0v) is 20.8. The normalized spacial score (nSPS) is 27.6. The minimum Gasteiger partial charge on any atom is -0.394 e. The molecule has 2 aliphatic heterocycles. The van der Waals surface area contributed by atoms with Gasteiger partial charge in [0.05, 0.1) is 12.9 Å². The molecule has 38 heavy (non-hydrogen) atoms. The van der Waals surface area contributed by atoms with E-state index < -0.39 is 42.8 Å². The van der Waals surface area contributed by atoms with Crippen LogP contribution in [-0.4, -0.2) is 85.5 Å². The molecule has 12 heteroatoms. The number of benzene rings is 1. The van der Waals surface area contributed by atoms with Gasteiger partial charge < -0.3 is 35.3 Å². The summed E-state index contributed by atoms with van der Waals surface area (Å²) in [5, 5.41) is 30.3. The number of aromatic nitrogens is 4. The van der Waals surface area contributed by atoms with E-state index in [2.05, 4.69) is 9.97 Å². The topological polar surface area (TPSA) is 178 Å². The number of anilines is 1. The Morgan fingerprint density at radius 1 is 1.24 bits per heavy atom. The number of carbonyl (C=O) groups is 1. The number of nitrogens with two attached hydrogens (primary N) is 1. The number of hydrogen-bond acceptors (Lipinski definition) is 11. The molecule has 0 radical (unpaired) electrons. The number of aldehydes is 1. The number of ether oxygens (including phenoxy) is 2. The van der Waals surface area contributed by atoms with Crippen LogP contribution in [0.4, 0.5) is 5.82 Å². The molecule has 2 aliphatic rings. The van der Waals surface area contributed by atoms with Gasteiger partial charge >= 0.3 is 0 Å². The van der Waals surface area contributed by atoms with Crippen molar-refractivity contribution < 1.29 is 29.6 Å². The lowest BCUT2D eigenvalue weighted by atomic mass is 9.89. The first kappa shape index (κ1) is 26.1. The fourth-order valence-corrected chi connectivity index (χ4v) is 4.89. The summed E-state index contributed by atoms with van der Waals surface area (Å²) in [5.41, 5.74) is 7.84. The molecule has 4 unspecified atom stereocenters. The first-order valence-corrected chi connectivity index (χ1v) is 12.3. The lowest BCUT2D eigenvalue weighted by Gasteiger charge is -2.24. The molecule has 2 aromatic heterocycles. The minimum absolute atomic E-state index is 0.120. The van der Waals surface area contributed by atoms with Crippen LogP contribution in [0.1, 0.15) is 30.5 Å². The second-order valence-corrected chi connectivity index (χ2v) is 9.49. The smallest absolute Gasteiger partial charge is 0.168 e. The highest BCUT2D eigenvalue weighted by molar-refractivity contribution is 5.85. The zero-order chi connectivity index (χ0) is 26.9. The lowest BCUT2D eigenvalue weighted by Crippen LogP contribution is -2.33. The molecule has 4 heterocycles. The van der Waals surface area contributed by atoms with Gasteiger partial charge in [0.1, 0.15) is 41.8 Å². The number of aliphatic imine (C=N–C) groups is 1. The molecular weight excluding hydrogens is 492 g/mol. The summed E-state index contributed by atoms with van der Waals surface area (Å²) in [6.45, 7) is -0.460. The number of imidazole rings is 1. The Hall–Kier alpha value is -3.55. The monoisotopic (exact) mass is 522 g/mol. The third-order valence-corrected chi connectivity index (χ3v) is 7.04. The highest BCUT2D eigenvalue weighted by Gasteiger charge is 2.44. The molecule has 1 aromatic carbocycles. The van der Waals surface area contributed by atoms with E-state index in [9.17, 15) is 20.1 Å². The molecule has 12 nitrogen and oxygen atoms in total. The van der Waals surface area contributed by atoms with E-state index in [1.54, 1.807) is 6.21 Å². The number of methoxy groups -OCH3 is 1. The lowest BCUT2D eigenvalue weighted by molar-refractivity contribution is -0.116. The maximum Gasteiger partial charge on any atom is 0.168 e. The molecule has 0 bridgehead atoms. The molecule has 0 amide bonds. The van der Waals surface area contributed by atoms with E-state index in [4.69, 9.17) is 25.2 Å². The van der Waals surface area contributed by atoms with Gasteiger partial charge in [0, 0.05) is 19.7 Å². The van der Waals surface area contributed by atoms with Crippen molar-refractivity contribution in [3.05, 3.63) is 59.7 Å². The maximum atomic E-state index is 11.4. The highest BCUT2D eigenvalue weighted by Crippen LogP contribution is 2.38. The van der Waals surface area contributed by atoms with E-state index in [1.165, 1.54) is 18.0 Å². The number of rotatable bonds is 10. The fourth-order valence-electron chi connectivity index (χ4n) is 4.89. The largest absolute Gasteiger partial charge is 0.394 e. The summed E-state index contributed by atoms with van der Waals surface area (Å²) in [4.78, 5) is 29.8. The highest BCUT2D eigenvalue weighted by atomic mass is 16.6. The molecule has 1 fully saturated rings. The van der Waals surface area contributed by atoms with Crippen molar-refractivity contribution in [1.82, 2.24) is 19.5 Å². The Morgan fingerprint density at radius 2 is 2.03 bits per heavy atom. The van der Waals surface area contributed by atoms with Crippen LogP contribution in [0.2, 0.25) is 0 Å². The number of carbonyl (C=O) groups excluding carboxylic acids is 1. The molecular formula is C26H30N6O6. The van der Waals surface area contributed by atoms with E-state index in [1.807, 2.05) is 36.4 Å². The summed E-state index contributed by atoms with van der Waals surface area (Å²) in [6, 6.07) is 9.94. The molecule has 0 spiro atoms. The van der Waals surface area contributed by atoms with Crippen LogP contribution in [0.3, 0.4) is 0 Å². The summed E-state index contributed by atoms with van der Waals surface area (Å²) in [6.07, 6.45) is 2.10. The number of nitrogens with zero attached hydrogens (tertiary/aromatic N) is 5. The van der Waals surface area contributed by atoms with Crippen molar-refractivity contribution in [1.29, 1.82) is 0 Å². The molecule has 0 aliphatic carbocycles. The Balaban J connectivity index is 1.56. The second-order valence-electron chi connectivity index (χ2n) is 9.49. The van der Waals surface area contributed by atoms with Gasteiger partial charge in [0.25, 0.3) is 0 Å². The second kappa shape index (κ2) is 10.7. The summed E-state index contributed by atoms with van der Waals surface area (Å²) >= 11 is 0. The number of aliphatic hydroxyl groups excluding tert-OH is 3. The van der Waals surface area contributed by atoms with E-state index in [0.717, 1.165) is 17.4 Å². The molecule has 0 saturated carbocycles. The number of aliphatic hydroxyl groups is 3. The average molecular weight is 523 g/mol. The summed E-state index contributed by atoms with van der Waals surface area (Å²) in [7, 11) is 1.48. The van der Waals surface area contributed by atoms with Crippen LogP contribution in [-0.2, 0) is 26.2 Å². The van der Waals surface area contributed by atoms with Crippen LogP contribution in [0, 0.1) is 0 Å². The standard InChI is InChI=1S/C26H30N6O6/c1-37-17(12-33)9-16-10-26(29-11-16,8-7-15-5-3-2-4-6-15)25-30-22(27)19-23(31-25)32(14-28-19)24-21(36)20(35)18(13-34)38-24/h2-6,10-12,14,17-18,20-21,24,34-36H,7-9,13H2,1H3,(H2,27,30,31)/t17?,18-,20?,21?,24-,26?/m1/s1. The Kier molecular flexibility index (Phi) is 7.32. The van der Waals surface area contributed by atoms with Crippen molar-refractivity contribution in [2.24, 2.45) is 4.99 Å². The third kappa shape index (κ3) is 4.72. The van der Waals surface area contributed by atoms with E-state index >= 15 is 0 Å². The van der Waals surface area contributed by atoms with Crippen LogP contribution >= 0.6 is 0 Å². The first-order chi connectivity index (χ1) is 18.4. The Bertz CT molecular complexity index is 1360. The maximum absolute atomic E-state index is 11.4. The average Bonchev–Trinajstić information content (AvgIpc) is 3.63. The Labute approximate surface area is 218 Å². The van der Waals surface area contributed by atoms with Gasteiger partial charge in [0.15, 0.2) is 23.5 Å². The van der Waals surface area contributed by atoms with Gasteiger partial charge in [-0.3, -0.25) is 9.56 Å². The van der Waals surface area contributed by atoms with Crippen LogP contribution in [0.15, 0.2) is 53.3 Å². The van der Waals surface area contributed by atoms with Crippen molar-refractivity contribution in [2.75, 3.05) is 19.5 Å². The van der Waals surface area contributed by atoms with Crippen LogP contribution in [0.5, 0.6) is 0 Å². The third-order valence-electron chi connectivity index (χ3n) is 7.04. The first-order valence-electron chi connectivity index (χ1n) is 12.3. The number of nitrogen functional groups attached to an aromatic ring is 1. The van der Waals surface area contributed by atoms with Crippen molar-refractivity contribution in [3.8, 4) is 0 Å². The van der Waals surface area contributed by atoms with Gasteiger partial charge in [-0.05, 0) is 30.1 Å². The fraction of sp³-hybridized carbons (Fsp3) is 0.423. The van der Waals surface area contributed by atoms with E-state index in [0.29, 0.717) is 36.3 Å². The summed E-state index contributed by atoms with van der Waals surface area (Å²) < 4.78 is 12.4. The zero-order valence-electron chi connectivity index (χ0n) is 20.8. The molecule has 6 atom stereocenters.